The lowest BCUT2D eigenvalue weighted by Gasteiger charge is -2.09. The van der Waals surface area contributed by atoms with E-state index >= 15 is 0 Å². The largest absolute Gasteiger partial charge is 0.323 e. The van der Waals surface area contributed by atoms with Gasteiger partial charge >= 0.3 is 6.03 Å². The molecule has 0 atom stereocenters. The van der Waals surface area contributed by atoms with Crippen LogP contribution in [0.4, 0.5) is 21.9 Å². The number of nitrogens with one attached hydrogen (secondary N) is 3. The molecule has 0 spiro atoms. The van der Waals surface area contributed by atoms with Crippen LogP contribution in [0.3, 0.4) is 0 Å². The first-order chi connectivity index (χ1) is 10.3. The van der Waals surface area contributed by atoms with Crippen molar-refractivity contribution >= 4 is 44.7 Å². The van der Waals surface area contributed by atoms with Crippen LogP contribution in [0, 0.1) is 0 Å². The highest BCUT2D eigenvalue weighted by Gasteiger charge is 2.04. The second-order valence-electron chi connectivity index (χ2n) is 4.54. The Morgan fingerprint density at radius 1 is 0.864 bits per heavy atom. The van der Waals surface area contributed by atoms with Gasteiger partial charge in [0.2, 0.25) is 10.0 Å². The van der Waals surface area contributed by atoms with Gasteiger partial charge in [0.1, 0.15) is 0 Å². The molecule has 0 bridgehead atoms. The van der Waals surface area contributed by atoms with E-state index in [4.69, 9.17) is 11.6 Å². The molecule has 0 saturated heterocycles. The topological polar surface area (TPSA) is 87.3 Å². The summed E-state index contributed by atoms with van der Waals surface area (Å²) >= 11 is 5.76. The maximum absolute atomic E-state index is 11.8. The van der Waals surface area contributed by atoms with Gasteiger partial charge in [0.05, 0.1) is 6.26 Å². The van der Waals surface area contributed by atoms with Crippen LogP contribution in [0.2, 0.25) is 5.02 Å². The smallest absolute Gasteiger partial charge is 0.308 e. The molecule has 2 rings (SSSR count). The summed E-state index contributed by atoms with van der Waals surface area (Å²) in [6.45, 7) is 0. The van der Waals surface area contributed by atoms with Gasteiger partial charge in [-0.15, -0.1) is 0 Å². The number of sulfonamides is 1. The summed E-state index contributed by atoms with van der Waals surface area (Å²) in [7, 11) is -3.32. The molecule has 0 aromatic heterocycles. The molecule has 0 aliphatic carbocycles. The molecule has 2 aromatic rings. The number of anilines is 3. The Morgan fingerprint density at radius 2 is 1.27 bits per heavy atom. The monoisotopic (exact) mass is 339 g/mol. The summed E-state index contributed by atoms with van der Waals surface area (Å²) in [4.78, 5) is 11.8. The van der Waals surface area contributed by atoms with Gasteiger partial charge in [-0.2, -0.15) is 0 Å². The number of amides is 2. The highest BCUT2D eigenvalue weighted by atomic mass is 35.5. The Hall–Kier alpha value is -2.25. The van der Waals surface area contributed by atoms with E-state index in [1.165, 1.54) is 0 Å². The molecule has 0 aliphatic rings. The van der Waals surface area contributed by atoms with Crippen LogP contribution in [0.5, 0.6) is 0 Å². The zero-order valence-electron chi connectivity index (χ0n) is 11.6. The van der Waals surface area contributed by atoms with E-state index in [9.17, 15) is 13.2 Å². The summed E-state index contributed by atoms with van der Waals surface area (Å²) in [5.74, 6) is 0. The predicted molar refractivity (Wildman–Crippen MR) is 89.0 cm³/mol. The van der Waals surface area contributed by atoms with Gasteiger partial charge in [0.15, 0.2) is 0 Å². The van der Waals surface area contributed by atoms with Crippen molar-refractivity contribution in [1.82, 2.24) is 0 Å². The molecule has 116 valence electrons. The standard InChI is InChI=1S/C14H14ClN3O3S/c1-22(20,21)18-13-8-6-12(7-9-13)17-14(19)16-11-4-2-10(15)3-5-11/h2-9,18H,1H3,(H2,16,17,19). The van der Waals surface area contributed by atoms with E-state index in [0.29, 0.717) is 22.1 Å². The number of rotatable bonds is 4. The molecule has 0 aliphatic heterocycles. The van der Waals surface area contributed by atoms with Gasteiger partial charge in [-0.25, -0.2) is 13.2 Å². The van der Waals surface area contributed by atoms with Crippen molar-refractivity contribution in [3.05, 3.63) is 53.6 Å². The summed E-state index contributed by atoms with van der Waals surface area (Å²) < 4.78 is 24.5. The molecule has 6 nitrogen and oxygen atoms in total. The molecule has 2 aromatic carbocycles. The average molecular weight is 340 g/mol. The van der Waals surface area contributed by atoms with Crippen molar-refractivity contribution in [2.45, 2.75) is 0 Å². The van der Waals surface area contributed by atoms with Crippen molar-refractivity contribution in [2.75, 3.05) is 21.6 Å². The zero-order valence-corrected chi connectivity index (χ0v) is 13.2. The minimum atomic E-state index is -3.32. The van der Waals surface area contributed by atoms with Gasteiger partial charge in [0, 0.05) is 22.1 Å². The van der Waals surface area contributed by atoms with E-state index in [2.05, 4.69) is 15.4 Å². The molecule has 22 heavy (non-hydrogen) atoms. The Morgan fingerprint density at radius 3 is 1.73 bits per heavy atom. The fraction of sp³-hybridized carbons (Fsp3) is 0.0714. The fourth-order valence-electron chi connectivity index (χ4n) is 1.66. The maximum Gasteiger partial charge on any atom is 0.323 e. The van der Waals surface area contributed by atoms with Crippen molar-refractivity contribution in [1.29, 1.82) is 0 Å². The number of hydrogen-bond donors (Lipinski definition) is 3. The predicted octanol–water partition coefficient (Wildman–Crippen LogP) is 3.36. The first kappa shape index (κ1) is 16.1. The number of benzene rings is 2. The van der Waals surface area contributed by atoms with Crippen LogP contribution < -0.4 is 15.4 Å². The number of carbonyl (C=O) groups is 1. The van der Waals surface area contributed by atoms with E-state index < -0.39 is 16.1 Å². The molecule has 0 fully saturated rings. The van der Waals surface area contributed by atoms with Gasteiger partial charge in [-0.05, 0) is 48.5 Å². The average Bonchev–Trinajstić information content (AvgIpc) is 2.42. The van der Waals surface area contributed by atoms with Crippen LogP contribution in [0.1, 0.15) is 0 Å². The molecule has 2 amide bonds. The quantitative estimate of drug-likeness (QED) is 0.798. The van der Waals surface area contributed by atoms with E-state index in [-0.39, 0.29) is 0 Å². The fourth-order valence-corrected chi connectivity index (χ4v) is 2.35. The number of halogens is 1. The van der Waals surface area contributed by atoms with E-state index in [0.717, 1.165) is 6.26 Å². The van der Waals surface area contributed by atoms with Crippen LogP contribution in [-0.4, -0.2) is 20.7 Å². The number of carbonyl (C=O) groups excluding carboxylic acids is 1. The minimum Gasteiger partial charge on any atom is -0.308 e. The van der Waals surface area contributed by atoms with Crippen LogP contribution >= 0.6 is 11.6 Å². The summed E-state index contributed by atoms with van der Waals surface area (Å²) in [5.41, 5.74) is 1.56. The lowest BCUT2D eigenvalue weighted by Crippen LogP contribution is -2.19. The highest BCUT2D eigenvalue weighted by Crippen LogP contribution is 2.16. The third-order valence-electron chi connectivity index (χ3n) is 2.55. The Kier molecular flexibility index (Phi) is 4.89. The van der Waals surface area contributed by atoms with Gasteiger partial charge in [-0.1, -0.05) is 11.6 Å². The molecule has 0 radical (unpaired) electrons. The minimum absolute atomic E-state index is 0.411. The molecular formula is C14H14ClN3O3S. The first-order valence-corrected chi connectivity index (χ1v) is 8.50. The van der Waals surface area contributed by atoms with Crippen molar-refractivity contribution in [3.8, 4) is 0 Å². The number of hydrogen-bond acceptors (Lipinski definition) is 3. The van der Waals surface area contributed by atoms with Crippen LogP contribution in [0.25, 0.3) is 0 Å². The van der Waals surface area contributed by atoms with Crippen LogP contribution in [0.15, 0.2) is 48.5 Å². The third kappa shape index (κ3) is 5.27. The molecule has 0 heterocycles. The molecule has 8 heteroatoms. The van der Waals surface area contributed by atoms with E-state index in [1.807, 2.05) is 0 Å². The lowest BCUT2D eigenvalue weighted by atomic mass is 10.3. The Bertz CT molecular complexity index is 759. The summed E-state index contributed by atoms with van der Waals surface area (Å²) in [6.07, 6.45) is 1.07. The molecule has 0 unspecified atom stereocenters. The third-order valence-corrected chi connectivity index (χ3v) is 3.41. The lowest BCUT2D eigenvalue weighted by molar-refractivity contribution is 0.262. The molecule has 3 N–H and O–H groups in total. The maximum atomic E-state index is 11.8. The van der Waals surface area contributed by atoms with Gasteiger partial charge in [0.25, 0.3) is 0 Å². The van der Waals surface area contributed by atoms with Gasteiger partial charge in [-0.3, -0.25) is 4.72 Å². The van der Waals surface area contributed by atoms with E-state index in [1.54, 1.807) is 48.5 Å². The normalized spacial score (nSPS) is 10.8. The molecular weight excluding hydrogens is 326 g/mol. The summed E-state index contributed by atoms with van der Waals surface area (Å²) in [6, 6.07) is 12.6. The SMILES string of the molecule is CS(=O)(=O)Nc1ccc(NC(=O)Nc2ccc(Cl)cc2)cc1. The molecule has 0 saturated carbocycles. The van der Waals surface area contributed by atoms with Gasteiger partial charge < -0.3 is 10.6 Å². The zero-order chi connectivity index (χ0) is 16.2. The Balaban J connectivity index is 1.95. The van der Waals surface area contributed by atoms with Crippen molar-refractivity contribution in [2.24, 2.45) is 0 Å². The highest BCUT2D eigenvalue weighted by molar-refractivity contribution is 7.92. The second-order valence-corrected chi connectivity index (χ2v) is 6.72. The second kappa shape index (κ2) is 6.67. The number of urea groups is 1. The van der Waals surface area contributed by atoms with Crippen molar-refractivity contribution in [3.63, 3.8) is 0 Å². The van der Waals surface area contributed by atoms with Crippen molar-refractivity contribution < 1.29 is 13.2 Å². The van der Waals surface area contributed by atoms with Crippen LogP contribution in [-0.2, 0) is 10.0 Å². The summed E-state index contributed by atoms with van der Waals surface area (Å²) in [5, 5.41) is 5.87. The Labute approximate surface area is 133 Å². The first-order valence-electron chi connectivity index (χ1n) is 6.23.